The normalized spacial score (nSPS) is 11.4. The molecule has 90 valence electrons. The molecule has 2 heteroatoms. The van der Waals surface area contributed by atoms with Crippen LogP contribution in [0.1, 0.15) is 5.69 Å². The molecule has 0 radical (unpaired) electrons. The number of hydrogen-bond donors (Lipinski definition) is 0. The van der Waals surface area contributed by atoms with Gasteiger partial charge in [-0.25, -0.2) is 0 Å². The van der Waals surface area contributed by atoms with Crippen LogP contribution in [0.4, 0.5) is 0 Å². The van der Waals surface area contributed by atoms with Crippen LogP contribution in [0.5, 0.6) is 0 Å². The van der Waals surface area contributed by atoms with Crippen LogP contribution >= 0.6 is 0 Å². The minimum Gasteiger partial charge on any atom is -0.261 e. The van der Waals surface area contributed by atoms with Crippen LogP contribution in [-0.4, -0.2) is 9.97 Å². The number of benzene rings is 2. The molecule has 0 N–H and O–H groups in total. The molecule has 0 aliphatic carbocycles. The lowest BCUT2D eigenvalue weighted by molar-refractivity contribution is 1.23. The van der Waals surface area contributed by atoms with Crippen molar-refractivity contribution in [1.29, 1.82) is 0 Å². The van der Waals surface area contributed by atoms with E-state index in [0.717, 1.165) is 11.2 Å². The number of fused-ring (bicyclic) bond motifs is 4. The Morgan fingerprint density at radius 1 is 0.789 bits per heavy atom. The van der Waals surface area contributed by atoms with E-state index in [1.165, 1.54) is 26.9 Å². The number of hydrogen-bond acceptors (Lipinski definition) is 2. The molecule has 2 heterocycles. The summed E-state index contributed by atoms with van der Waals surface area (Å²) in [6.45, 7) is 2.02. The zero-order valence-corrected chi connectivity index (χ0v) is 10.6. The van der Waals surface area contributed by atoms with Crippen LogP contribution in [0.3, 0.4) is 0 Å². The first kappa shape index (κ1) is 10.4. The predicted molar refractivity (Wildman–Crippen MR) is 79.3 cm³/mol. The zero-order valence-electron chi connectivity index (χ0n) is 10.6. The molecular formula is C17H12N2. The van der Waals surface area contributed by atoms with E-state index in [1.807, 2.05) is 25.4 Å². The predicted octanol–water partition coefficient (Wildman–Crippen LogP) is 4.24. The van der Waals surface area contributed by atoms with Gasteiger partial charge in [0.15, 0.2) is 0 Å². The highest BCUT2D eigenvalue weighted by atomic mass is 14.7. The van der Waals surface area contributed by atoms with Gasteiger partial charge in [0, 0.05) is 28.9 Å². The molecule has 0 bridgehead atoms. The Bertz CT molecular complexity index is 926. The Balaban J connectivity index is 2.22. The van der Waals surface area contributed by atoms with E-state index in [1.54, 1.807) is 0 Å². The lowest BCUT2D eigenvalue weighted by atomic mass is 10.0. The average Bonchev–Trinajstić information content (AvgIpc) is 2.45. The minimum atomic E-state index is 1.04. The maximum atomic E-state index is 4.41. The van der Waals surface area contributed by atoms with Gasteiger partial charge >= 0.3 is 0 Å². The Hall–Kier alpha value is -2.48. The molecule has 0 saturated heterocycles. The van der Waals surface area contributed by atoms with Gasteiger partial charge in [-0.1, -0.05) is 12.1 Å². The third-order valence-electron chi connectivity index (χ3n) is 3.58. The van der Waals surface area contributed by atoms with E-state index < -0.39 is 0 Å². The maximum Gasteiger partial charge on any atom is 0.0708 e. The largest absolute Gasteiger partial charge is 0.261 e. The molecule has 4 rings (SSSR count). The summed E-state index contributed by atoms with van der Waals surface area (Å²) < 4.78 is 0. The van der Waals surface area contributed by atoms with E-state index in [-0.39, 0.29) is 0 Å². The highest BCUT2D eigenvalue weighted by Crippen LogP contribution is 2.28. The van der Waals surface area contributed by atoms with Crippen molar-refractivity contribution in [1.82, 2.24) is 9.97 Å². The standard InChI is InChI=1S/C17H12N2/c1-11-7-13-8-12-4-5-17-15(3-2-6-18-17)16(12)9-14(13)10-19-11/h2-10H,1H3. The second-order valence-electron chi connectivity index (χ2n) is 4.88. The summed E-state index contributed by atoms with van der Waals surface area (Å²) in [4.78, 5) is 8.79. The third-order valence-corrected chi connectivity index (χ3v) is 3.58. The van der Waals surface area contributed by atoms with Crippen molar-refractivity contribution in [3.05, 3.63) is 60.6 Å². The Morgan fingerprint density at radius 2 is 1.74 bits per heavy atom. The molecule has 0 aliphatic heterocycles. The summed E-state index contributed by atoms with van der Waals surface area (Å²) in [5, 5.41) is 6.10. The number of pyridine rings is 2. The van der Waals surface area contributed by atoms with E-state index in [4.69, 9.17) is 0 Å². The van der Waals surface area contributed by atoms with Crippen molar-refractivity contribution >= 4 is 32.4 Å². The van der Waals surface area contributed by atoms with Gasteiger partial charge in [-0.15, -0.1) is 0 Å². The molecule has 2 nitrogen and oxygen atoms in total. The second-order valence-corrected chi connectivity index (χ2v) is 4.88. The summed E-state index contributed by atoms with van der Waals surface area (Å²) in [5.74, 6) is 0. The Labute approximate surface area is 110 Å². The van der Waals surface area contributed by atoms with Gasteiger partial charge < -0.3 is 0 Å². The van der Waals surface area contributed by atoms with Crippen LogP contribution in [-0.2, 0) is 0 Å². The van der Waals surface area contributed by atoms with Gasteiger partial charge in [0.2, 0.25) is 0 Å². The summed E-state index contributed by atoms with van der Waals surface area (Å²) >= 11 is 0. The van der Waals surface area contributed by atoms with Crippen molar-refractivity contribution < 1.29 is 0 Å². The highest BCUT2D eigenvalue weighted by Gasteiger charge is 2.03. The van der Waals surface area contributed by atoms with E-state index >= 15 is 0 Å². The molecular weight excluding hydrogens is 232 g/mol. The minimum absolute atomic E-state index is 1.04. The molecule has 0 unspecified atom stereocenters. The molecule has 0 spiro atoms. The molecule has 0 atom stereocenters. The molecule has 0 fully saturated rings. The van der Waals surface area contributed by atoms with Crippen LogP contribution < -0.4 is 0 Å². The van der Waals surface area contributed by atoms with Crippen molar-refractivity contribution in [3.8, 4) is 0 Å². The van der Waals surface area contributed by atoms with E-state index in [9.17, 15) is 0 Å². The smallest absolute Gasteiger partial charge is 0.0708 e. The number of aromatic nitrogens is 2. The zero-order chi connectivity index (χ0) is 12.8. The molecule has 2 aromatic heterocycles. The fourth-order valence-corrected chi connectivity index (χ4v) is 2.64. The van der Waals surface area contributed by atoms with Gasteiger partial charge in [0.1, 0.15) is 0 Å². The van der Waals surface area contributed by atoms with Crippen LogP contribution in [0.2, 0.25) is 0 Å². The first-order valence-electron chi connectivity index (χ1n) is 6.35. The SMILES string of the molecule is Cc1cc2cc3ccc4ncccc4c3cc2cn1. The summed E-state index contributed by atoms with van der Waals surface area (Å²) in [6, 6.07) is 14.9. The van der Waals surface area contributed by atoms with Crippen molar-refractivity contribution in [2.24, 2.45) is 0 Å². The topological polar surface area (TPSA) is 25.8 Å². The van der Waals surface area contributed by atoms with Crippen LogP contribution in [0.25, 0.3) is 32.4 Å². The first-order valence-corrected chi connectivity index (χ1v) is 6.35. The highest BCUT2D eigenvalue weighted by molar-refractivity contribution is 6.10. The lowest BCUT2D eigenvalue weighted by Gasteiger charge is -2.06. The molecule has 19 heavy (non-hydrogen) atoms. The van der Waals surface area contributed by atoms with Gasteiger partial charge in [-0.05, 0) is 53.4 Å². The molecule has 2 aromatic carbocycles. The molecule has 0 aliphatic rings. The molecule has 4 aromatic rings. The van der Waals surface area contributed by atoms with E-state index in [0.29, 0.717) is 0 Å². The average molecular weight is 244 g/mol. The monoisotopic (exact) mass is 244 g/mol. The number of aryl methyl sites for hydroxylation is 1. The molecule has 0 amide bonds. The van der Waals surface area contributed by atoms with Crippen molar-refractivity contribution in [2.75, 3.05) is 0 Å². The Morgan fingerprint density at radius 3 is 2.68 bits per heavy atom. The van der Waals surface area contributed by atoms with Crippen LogP contribution in [0.15, 0.2) is 54.9 Å². The van der Waals surface area contributed by atoms with Crippen molar-refractivity contribution in [3.63, 3.8) is 0 Å². The summed E-state index contributed by atoms with van der Waals surface area (Å²) in [5.41, 5.74) is 2.09. The van der Waals surface area contributed by atoms with Gasteiger partial charge in [-0.3, -0.25) is 9.97 Å². The van der Waals surface area contributed by atoms with Gasteiger partial charge in [0.25, 0.3) is 0 Å². The molecule has 0 saturated carbocycles. The fraction of sp³-hybridized carbons (Fsp3) is 0.0588. The van der Waals surface area contributed by atoms with E-state index in [2.05, 4.69) is 46.4 Å². The second kappa shape index (κ2) is 3.75. The summed E-state index contributed by atoms with van der Waals surface area (Å²) in [7, 11) is 0. The van der Waals surface area contributed by atoms with Crippen LogP contribution in [0, 0.1) is 6.92 Å². The fourth-order valence-electron chi connectivity index (χ4n) is 2.64. The number of nitrogens with zero attached hydrogens (tertiary/aromatic N) is 2. The van der Waals surface area contributed by atoms with Gasteiger partial charge in [0.05, 0.1) is 5.52 Å². The van der Waals surface area contributed by atoms with Crippen molar-refractivity contribution in [2.45, 2.75) is 6.92 Å². The number of rotatable bonds is 0. The first-order chi connectivity index (χ1) is 9.31. The quantitative estimate of drug-likeness (QED) is 0.341. The van der Waals surface area contributed by atoms with Gasteiger partial charge in [-0.2, -0.15) is 0 Å². The maximum absolute atomic E-state index is 4.41. The Kier molecular flexibility index (Phi) is 2.06. The lowest BCUT2D eigenvalue weighted by Crippen LogP contribution is -1.84. The summed E-state index contributed by atoms with van der Waals surface area (Å²) in [6.07, 6.45) is 3.78. The third kappa shape index (κ3) is 1.57.